The lowest BCUT2D eigenvalue weighted by Crippen LogP contribution is -1.90. The van der Waals surface area contributed by atoms with Crippen LogP contribution in [0.1, 0.15) is 24.0 Å². The summed E-state index contributed by atoms with van der Waals surface area (Å²) < 4.78 is 18.5. The van der Waals surface area contributed by atoms with Gasteiger partial charge in [-0.05, 0) is 36.8 Å². The number of halogens is 1. The predicted octanol–water partition coefficient (Wildman–Crippen LogP) is 3.52. The molecule has 1 saturated heterocycles. The average Bonchev–Trinajstić information content (AvgIpc) is 2.98. The molecule has 0 spiro atoms. The summed E-state index contributed by atoms with van der Waals surface area (Å²) in [6, 6.07) is 6.45. The molecule has 2 heterocycles. The Bertz CT molecular complexity index is 540. The van der Waals surface area contributed by atoms with E-state index in [4.69, 9.17) is 4.42 Å². The molecule has 1 N–H and O–H groups in total. The van der Waals surface area contributed by atoms with Gasteiger partial charge in [-0.25, -0.2) is 4.39 Å². The van der Waals surface area contributed by atoms with E-state index in [9.17, 15) is 4.39 Å². The highest BCUT2D eigenvalue weighted by molar-refractivity contribution is 7.99. The van der Waals surface area contributed by atoms with E-state index in [1.807, 2.05) is 11.8 Å². The van der Waals surface area contributed by atoms with Crippen molar-refractivity contribution in [2.75, 3.05) is 11.1 Å². The van der Waals surface area contributed by atoms with Crippen molar-refractivity contribution in [2.45, 2.75) is 18.1 Å². The first kappa shape index (κ1) is 11.5. The maximum absolute atomic E-state index is 13.0. The molecule has 1 aromatic heterocycles. The number of rotatable bonds is 3. The van der Waals surface area contributed by atoms with Crippen molar-refractivity contribution >= 4 is 23.5 Å². The van der Waals surface area contributed by atoms with Gasteiger partial charge in [-0.1, -0.05) is 11.2 Å². The van der Waals surface area contributed by atoms with Crippen LogP contribution in [-0.4, -0.2) is 16.0 Å². The minimum atomic E-state index is -0.300. The molecular formula is C12H12FN3OS. The zero-order valence-corrected chi connectivity index (χ0v) is 10.4. The molecule has 1 unspecified atom stereocenters. The molecule has 0 bridgehead atoms. The van der Waals surface area contributed by atoms with Gasteiger partial charge in [0.2, 0.25) is 5.89 Å². The topological polar surface area (TPSA) is 51.0 Å². The van der Waals surface area contributed by atoms with Crippen LogP contribution in [0, 0.1) is 5.82 Å². The average molecular weight is 265 g/mol. The van der Waals surface area contributed by atoms with Gasteiger partial charge < -0.3 is 9.73 Å². The maximum Gasteiger partial charge on any atom is 0.320 e. The lowest BCUT2D eigenvalue weighted by Gasteiger charge is -2.02. The molecule has 18 heavy (non-hydrogen) atoms. The minimum Gasteiger partial charge on any atom is -0.407 e. The van der Waals surface area contributed by atoms with Gasteiger partial charge in [0.15, 0.2) is 0 Å². The van der Waals surface area contributed by atoms with Crippen LogP contribution >= 0.6 is 11.8 Å². The van der Waals surface area contributed by atoms with Gasteiger partial charge in [0, 0.05) is 5.69 Å². The minimum absolute atomic E-state index is 0.300. The lowest BCUT2D eigenvalue weighted by atomic mass is 10.2. The van der Waals surface area contributed by atoms with Crippen molar-refractivity contribution in [3.8, 4) is 0 Å². The van der Waals surface area contributed by atoms with Crippen LogP contribution in [-0.2, 0) is 0 Å². The van der Waals surface area contributed by atoms with Crippen molar-refractivity contribution < 1.29 is 8.81 Å². The zero-order chi connectivity index (χ0) is 12.4. The van der Waals surface area contributed by atoms with E-state index in [0.29, 0.717) is 22.8 Å². The van der Waals surface area contributed by atoms with Gasteiger partial charge in [0.05, 0.1) is 5.25 Å². The molecule has 2 aromatic rings. The molecule has 6 heteroatoms. The summed E-state index contributed by atoms with van der Waals surface area (Å²) in [5.41, 5.74) is 0.601. The Morgan fingerprint density at radius 3 is 3.11 bits per heavy atom. The van der Waals surface area contributed by atoms with Crippen LogP contribution in [0.4, 0.5) is 16.1 Å². The third kappa shape index (κ3) is 2.48. The molecule has 0 aliphatic carbocycles. The second kappa shape index (κ2) is 4.97. The van der Waals surface area contributed by atoms with Gasteiger partial charge in [0.25, 0.3) is 0 Å². The number of hydrogen-bond acceptors (Lipinski definition) is 5. The largest absolute Gasteiger partial charge is 0.407 e. The molecule has 94 valence electrons. The first-order valence-electron chi connectivity index (χ1n) is 5.79. The number of nitrogens with one attached hydrogen (secondary N) is 1. The Morgan fingerprint density at radius 1 is 1.39 bits per heavy atom. The number of thioether (sulfide) groups is 1. The molecule has 1 aliphatic heterocycles. The van der Waals surface area contributed by atoms with E-state index < -0.39 is 0 Å². The van der Waals surface area contributed by atoms with E-state index in [2.05, 4.69) is 15.5 Å². The highest BCUT2D eigenvalue weighted by Gasteiger charge is 2.23. The molecule has 0 amide bonds. The van der Waals surface area contributed by atoms with Crippen LogP contribution in [0.25, 0.3) is 0 Å². The standard InChI is InChI=1S/C12H12FN3OS/c13-8-3-1-4-9(7-8)14-12-16-15-11(17-12)10-5-2-6-18-10/h1,3-4,7,10H,2,5-6H2,(H,14,16). The number of benzene rings is 1. The SMILES string of the molecule is Fc1cccc(Nc2nnc(C3CCCS3)o2)c1. The van der Waals surface area contributed by atoms with Gasteiger partial charge in [-0.3, -0.25) is 0 Å². The van der Waals surface area contributed by atoms with Crippen LogP contribution in [0.3, 0.4) is 0 Å². The Labute approximate surface area is 108 Å². The van der Waals surface area contributed by atoms with E-state index >= 15 is 0 Å². The highest BCUT2D eigenvalue weighted by atomic mass is 32.2. The quantitative estimate of drug-likeness (QED) is 0.920. The van der Waals surface area contributed by atoms with Crippen LogP contribution in [0.15, 0.2) is 28.7 Å². The second-order valence-electron chi connectivity index (χ2n) is 4.08. The summed E-state index contributed by atoms with van der Waals surface area (Å²) in [6.07, 6.45) is 2.26. The van der Waals surface area contributed by atoms with Gasteiger partial charge in [-0.2, -0.15) is 0 Å². The number of nitrogens with zero attached hydrogens (tertiary/aromatic N) is 2. The third-order valence-electron chi connectivity index (χ3n) is 2.72. The Morgan fingerprint density at radius 2 is 2.33 bits per heavy atom. The smallest absolute Gasteiger partial charge is 0.320 e. The Hall–Kier alpha value is -1.56. The normalized spacial score (nSPS) is 19.1. The number of hydrogen-bond donors (Lipinski definition) is 1. The molecule has 3 rings (SSSR count). The summed E-state index contributed by atoms with van der Waals surface area (Å²) in [6.45, 7) is 0. The van der Waals surface area contributed by atoms with Crippen molar-refractivity contribution in [3.63, 3.8) is 0 Å². The molecule has 1 aliphatic rings. The maximum atomic E-state index is 13.0. The number of anilines is 2. The van der Waals surface area contributed by atoms with E-state index in [0.717, 1.165) is 12.2 Å². The van der Waals surface area contributed by atoms with Crippen molar-refractivity contribution in [1.29, 1.82) is 0 Å². The molecule has 1 aromatic carbocycles. The summed E-state index contributed by atoms with van der Waals surface area (Å²) in [5, 5.41) is 11.2. The fourth-order valence-corrected chi connectivity index (χ4v) is 3.07. The van der Waals surface area contributed by atoms with E-state index in [-0.39, 0.29) is 5.82 Å². The first-order valence-corrected chi connectivity index (χ1v) is 6.84. The fourth-order valence-electron chi connectivity index (χ4n) is 1.88. The molecule has 4 nitrogen and oxygen atoms in total. The van der Waals surface area contributed by atoms with Crippen molar-refractivity contribution in [2.24, 2.45) is 0 Å². The molecule has 1 fully saturated rings. The van der Waals surface area contributed by atoms with Gasteiger partial charge in [-0.15, -0.1) is 16.9 Å². The summed E-state index contributed by atoms with van der Waals surface area (Å²) in [5.74, 6) is 1.49. The predicted molar refractivity (Wildman–Crippen MR) is 68.4 cm³/mol. The summed E-state index contributed by atoms with van der Waals surface area (Å²) in [4.78, 5) is 0. The third-order valence-corrected chi connectivity index (χ3v) is 4.09. The van der Waals surface area contributed by atoms with E-state index in [1.165, 1.54) is 18.6 Å². The van der Waals surface area contributed by atoms with Gasteiger partial charge in [0.1, 0.15) is 5.82 Å². The summed E-state index contributed by atoms with van der Waals surface area (Å²) >= 11 is 1.83. The van der Waals surface area contributed by atoms with Crippen LogP contribution in [0.5, 0.6) is 0 Å². The lowest BCUT2D eigenvalue weighted by molar-refractivity contribution is 0.499. The Kier molecular flexibility index (Phi) is 3.19. The molecule has 1 atom stereocenters. The fraction of sp³-hybridized carbons (Fsp3) is 0.333. The summed E-state index contributed by atoms with van der Waals surface area (Å²) in [7, 11) is 0. The highest BCUT2D eigenvalue weighted by Crippen LogP contribution is 2.39. The number of aromatic nitrogens is 2. The molecule has 0 saturated carbocycles. The monoisotopic (exact) mass is 265 g/mol. The van der Waals surface area contributed by atoms with Crippen molar-refractivity contribution in [3.05, 3.63) is 36.0 Å². The Balaban J connectivity index is 1.73. The second-order valence-corrected chi connectivity index (χ2v) is 5.39. The first-order chi connectivity index (χ1) is 8.81. The van der Waals surface area contributed by atoms with Crippen molar-refractivity contribution in [1.82, 2.24) is 10.2 Å². The van der Waals surface area contributed by atoms with Crippen LogP contribution < -0.4 is 5.32 Å². The van der Waals surface area contributed by atoms with Gasteiger partial charge >= 0.3 is 6.01 Å². The molecule has 0 radical (unpaired) electrons. The van der Waals surface area contributed by atoms with E-state index in [1.54, 1.807) is 12.1 Å². The molecular weight excluding hydrogens is 253 g/mol. The zero-order valence-electron chi connectivity index (χ0n) is 9.60. The van der Waals surface area contributed by atoms with Crippen LogP contribution in [0.2, 0.25) is 0 Å².